The minimum atomic E-state index is -0.423. The van der Waals surface area contributed by atoms with Crippen molar-refractivity contribution in [2.75, 3.05) is 6.54 Å². The number of carbonyl (C=O) groups excluding carboxylic acids is 1. The quantitative estimate of drug-likeness (QED) is 0.555. The lowest BCUT2D eigenvalue weighted by Crippen LogP contribution is -2.29. The van der Waals surface area contributed by atoms with Gasteiger partial charge < -0.3 is 16.2 Å². The lowest BCUT2D eigenvalue weighted by atomic mass is 10.3. The fourth-order valence-electron chi connectivity index (χ4n) is 1.12. The topological polar surface area (TPSA) is 106 Å². The van der Waals surface area contributed by atoms with E-state index in [1.54, 1.807) is 10.9 Å². The molecule has 1 atom stereocenters. The molecule has 1 aromatic heterocycles. The summed E-state index contributed by atoms with van der Waals surface area (Å²) in [5.41, 5.74) is 5.78. The maximum atomic E-state index is 10.9. The van der Waals surface area contributed by atoms with Gasteiger partial charge in [-0.25, -0.2) is 4.68 Å². The van der Waals surface area contributed by atoms with Gasteiger partial charge in [0.2, 0.25) is 5.91 Å². The number of amides is 1. The van der Waals surface area contributed by atoms with E-state index in [1.165, 1.54) is 0 Å². The SMILES string of the molecule is CCC(O)Cn1cc(CNC(=O)CN)nn1. The van der Waals surface area contributed by atoms with Gasteiger partial charge in [-0.3, -0.25) is 4.79 Å². The van der Waals surface area contributed by atoms with E-state index in [9.17, 15) is 9.90 Å². The Morgan fingerprint density at radius 2 is 2.50 bits per heavy atom. The molecule has 1 aromatic rings. The zero-order chi connectivity index (χ0) is 12.0. The van der Waals surface area contributed by atoms with E-state index in [1.807, 2.05) is 6.92 Å². The standard InChI is InChI=1S/C9H17N5O2/c1-2-8(15)6-14-5-7(12-13-14)4-11-9(16)3-10/h5,8,15H,2-4,6,10H2,1H3,(H,11,16). The van der Waals surface area contributed by atoms with Crippen LogP contribution in [0, 0.1) is 0 Å². The zero-order valence-electron chi connectivity index (χ0n) is 9.26. The van der Waals surface area contributed by atoms with Crippen molar-refractivity contribution in [1.82, 2.24) is 20.3 Å². The Kier molecular flexibility index (Phi) is 4.87. The predicted octanol–water partition coefficient (Wildman–Crippen LogP) is -1.38. The van der Waals surface area contributed by atoms with Gasteiger partial charge in [0.15, 0.2) is 0 Å². The molecule has 0 radical (unpaired) electrons. The highest BCUT2D eigenvalue weighted by Crippen LogP contribution is 1.97. The van der Waals surface area contributed by atoms with Gasteiger partial charge in [-0.2, -0.15) is 0 Å². The van der Waals surface area contributed by atoms with E-state index < -0.39 is 6.10 Å². The summed E-state index contributed by atoms with van der Waals surface area (Å²) in [5, 5.41) is 19.7. The average molecular weight is 227 g/mol. The first kappa shape index (κ1) is 12.6. The number of nitrogens with two attached hydrogens (primary N) is 1. The van der Waals surface area contributed by atoms with E-state index in [4.69, 9.17) is 5.73 Å². The number of aliphatic hydroxyl groups is 1. The molecule has 7 heteroatoms. The van der Waals surface area contributed by atoms with Crippen molar-refractivity contribution in [3.63, 3.8) is 0 Å². The van der Waals surface area contributed by atoms with Crippen LogP contribution in [-0.2, 0) is 17.9 Å². The van der Waals surface area contributed by atoms with Gasteiger partial charge in [0.05, 0.1) is 31.9 Å². The summed E-state index contributed by atoms with van der Waals surface area (Å²) in [5.74, 6) is -0.233. The van der Waals surface area contributed by atoms with Gasteiger partial charge >= 0.3 is 0 Å². The van der Waals surface area contributed by atoms with Crippen LogP contribution in [0.5, 0.6) is 0 Å². The lowest BCUT2D eigenvalue weighted by molar-refractivity contribution is -0.119. The van der Waals surface area contributed by atoms with Gasteiger partial charge in [0, 0.05) is 0 Å². The Morgan fingerprint density at radius 3 is 3.12 bits per heavy atom. The van der Waals surface area contributed by atoms with Gasteiger partial charge in [-0.05, 0) is 6.42 Å². The zero-order valence-corrected chi connectivity index (χ0v) is 9.26. The highest BCUT2D eigenvalue weighted by atomic mass is 16.3. The molecule has 4 N–H and O–H groups in total. The highest BCUT2D eigenvalue weighted by Gasteiger charge is 2.06. The summed E-state index contributed by atoms with van der Waals surface area (Å²) in [6.07, 6.45) is 1.93. The molecule has 1 unspecified atom stereocenters. The van der Waals surface area contributed by atoms with Crippen LogP contribution in [-0.4, -0.2) is 38.7 Å². The number of rotatable bonds is 6. The number of aromatic nitrogens is 3. The molecule has 0 saturated carbocycles. The third kappa shape index (κ3) is 3.95. The molecule has 0 fully saturated rings. The van der Waals surface area contributed by atoms with Crippen LogP contribution >= 0.6 is 0 Å². The van der Waals surface area contributed by atoms with Crippen molar-refractivity contribution in [1.29, 1.82) is 0 Å². The molecule has 0 aromatic carbocycles. The first-order valence-electron chi connectivity index (χ1n) is 5.19. The van der Waals surface area contributed by atoms with Crippen LogP contribution in [0.1, 0.15) is 19.0 Å². The lowest BCUT2D eigenvalue weighted by Gasteiger charge is -2.05. The van der Waals surface area contributed by atoms with Crippen LogP contribution in [0.3, 0.4) is 0 Å². The van der Waals surface area contributed by atoms with Crippen molar-refractivity contribution in [3.05, 3.63) is 11.9 Å². The summed E-state index contributed by atoms with van der Waals surface area (Å²) in [4.78, 5) is 10.9. The number of hydrogen-bond donors (Lipinski definition) is 3. The Balaban J connectivity index is 2.42. The third-order valence-corrected chi connectivity index (χ3v) is 2.11. The Labute approximate surface area is 93.6 Å². The maximum absolute atomic E-state index is 10.9. The smallest absolute Gasteiger partial charge is 0.234 e. The molecule has 90 valence electrons. The van der Waals surface area contributed by atoms with Crippen LogP contribution in [0.2, 0.25) is 0 Å². The van der Waals surface area contributed by atoms with E-state index in [0.29, 0.717) is 25.2 Å². The number of nitrogens with zero attached hydrogens (tertiary/aromatic N) is 3. The monoisotopic (exact) mass is 227 g/mol. The normalized spacial score (nSPS) is 12.4. The number of aliphatic hydroxyl groups excluding tert-OH is 1. The summed E-state index contributed by atoms with van der Waals surface area (Å²) < 4.78 is 1.55. The maximum Gasteiger partial charge on any atom is 0.234 e. The molecule has 0 saturated heterocycles. The summed E-state index contributed by atoms with van der Waals surface area (Å²) >= 11 is 0. The molecule has 1 rings (SSSR count). The second kappa shape index (κ2) is 6.19. The minimum absolute atomic E-state index is 0.0390. The van der Waals surface area contributed by atoms with Crippen LogP contribution < -0.4 is 11.1 Å². The van der Waals surface area contributed by atoms with Crippen molar-refractivity contribution < 1.29 is 9.90 Å². The second-order valence-electron chi connectivity index (χ2n) is 3.47. The molecule has 0 bridgehead atoms. The first-order valence-corrected chi connectivity index (χ1v) is 5.19. The van der Waals surface area contributed by atoms with Gasteiger partial charge in [0.1, 0.15) is 5.69 Å². The van der Waals surface area contributed by atoms with Gasteiger partial charge in [-0.15, -0.1) is 5.10 Å². The molecule has 16 heavy (non-hydrogen) atoms. The van der Waals surface area contributed by atoms with Crippen LogP contribution in [0.25, 0.3) is 0 Å². The van der Waals surface area contributed by atoms with Crippen molar-refractivity contribution in [2.24, 2.45) is 5.73 Å². The minimum Gasteiger partial charge on any atom is -0.391 e. The number of carbonyl (C=O) groups is 1. The Morgan fingerprint density at radius 1 is 1.75 bits per heavy atom. The molecule has 7 nitrogen and oxygen atoms in total. The summed E-state index contributed by atoms with van der Waals surface area (Å²) in [6, 6.07) is 0. The average Bonchev–Trinajstić information content (AvgIpc) is 2.73. The number of nitrogens with one attached hydrogen (secondary N) is 1. The second-order valence-corrected chi connectivity index (χ2v) is 3.47. The van der Waals surface area contributed by atoms with Crippen molar-refractivity contribution in [3.8, 4) is 0 Å². The predicted molar refractivity (Wildman–Crippen MR) is 57.2 cm³/mol. The van der Waals surface area contributed by atoms with Crippen LogP contribution in [0.15, 0.2) is 6.20 Å². The van der Waals surface area contributed by atoms with E-state index in [2.05, 4.69) is 15.6 Å². The first-order chi connectivity index (χ1) is 7.65. The fourth-order valence-corrected chi connectivity index (χ4v) is 1.12. The Hall–Kier alpha value is -1.47. The Bertz CT molecular complexity index is 338. The fraction of sp³-hybridized carbons (Fsp3) is 0.667. The number of hydrogen-bond acceptors (Lipinski definition) is 5. The highest BCUT2D eigenvalue weighted by molar-refractivity contribution is 5.77. The van der Waals surface area contributed by atoms with E-state index in [-0.39, 0.29) is 12.5 Å². The van der Waals surface area contributed by atoms with Gasteiger partial charge in [0.25, 0.3) is 0 Å². The van der Waals surface area contributed by atoms with E-state index in [0.717, 1.165) is 0 Å². The van der Waals surface area contributed by atoms with Crippen molar-refractivity contribution >= 4 is 5.91 Å². The summed E-state index contributed by atoms with van der Waals surface area (Å²) in [6.45, 7) is 2.57. The van der Waals surface area contributed by atoms with E-state index >= 15 is 0 Å². The van der Waals surface area contributed by atoms with Crippen molar-refractivity contribution in [2.45, 2.75) is 32.5 Å². The molecule has 0 aliphatic carbocycles. The molecule has 0 aliphatic rings. The van der Waals surface area contributed by atoms with Crippen LogP contribution in [0.4, 0.5) is 0 Å². The molecule has 1 amide bonds. The van der Waals surface area contributed by atoms with Gasteiger partial charge in [-0.1, -0.05) is 12.1 Å². The molecular weight excluding hydrogens is 210 g/mol. The largest absolute Gasteiger partial charge is 0.391 e. The molecule has 0 spiro atoms. The summed E-state index contributed by atoms with van der Waals surface area (Å²) in [7, 11) is 0. The molecular formula is C9H17N5O2. The third-order valence-electron chi connectivity index (χ3n) is 2.11. The molecule has 1 heterocycles. The molecule has 0 aliphatic heterocycles.